The Kier molecular flexibility index (Phi) is 26.8. The molecule has 0 aliphatic heterocycles. The van der Waals surface area contributed by atoms with Gasteiger partial charge in [0.25, 0.3) is 0 Å². The number of allylic oxidation sites excluding steroid dienone is 3. The molecule has 2 rings (SSSR count). The summed E-state index contributed by atoms with van der Waals surface area (Å²) in [7, 11) is 0. The van der Waals surface area contributed by atoms with E-state index in [1.807, 2.05) is 0 Å². The van der Waals surface area contributed by atoms with Gasteiger partial charge in [-0.15, -0.1) is 0 Å². The van der Waals surface area contributed by atoms with Crippen molar-refractivity contribution in [3.63, 3.8) is 0 Å². The molecule has 0 spiro atoms. The Hall–Kier alpha value is -2.11. The van der Waals surface area contributed by atoms with Crippen LogP contribution >= 0.6 is 0 Å². The predicted molar refractivity (Wildman–Crippen MR) is 215 cm³/mol. The molecule has 0 saturated heterocycles. The van der Waals surface area contributed by atoms with Gasteiger partial charge in [0.1, 0.15) is 0 Å². The van der Waals surface area contributed by atoms with Crippen LogP contribution in [0.15, 0.2) is 22.8 Å². The Morgan fingerprint density at radius 3 is 1.44 bits per heavy atom. The van der Waals surface area contributed by atoms with E-state index in [0.29, 0.717) is 19.4 Å². The van der Waals surface area contributed by atoms with E-state index in [9.17, 15) is 14.4 Å². The highest BCUT2D eigenvalue weighted by atomic mass is 16.6. The molecule has 0 saturated carbocycles. The fourth-order valence-electron chi connectivity index (χ4n) is 7.94. The number of esters is 3. The average molecular weight is 729 g/mol. The van der Waals surface area contributed by atoms with Gasteiger partial charge >= 0.3 is 17.9 Å². The first-order valence-corrected chi connectivity index (χ1v) is 22.5. The second-order valence-corrected chi connectivity index (χ2v) is 15.8. The largest absolute Gasteiger partial charge is 0.465 e. The molecule has 6 nitrogen and oxygen atoms in total. The van der Waals surface area contributed by atoms with E-state index in [-0.39, 0.29) is 25.2 Å². The summed E-state index contributed by atoms with van der Waals surface area (Å²) in [5.74, 6) is -1.75. The third-order valence-corrected chi connectivity index (χ3v) is 11.2. The number of ether oxygens (including phenoxy) is 3. The molecular weight excluding hydrogens is 649 g/mol. The van der Waals surface area contributed by atoms with Crippen molar-refractivity contribution in [1.82, 2.24) is 0 Å². The maximum atomic E-state index is 14.6. The summed E-state index contributed by atoms with van der Waals surface area (Å²) in [6.45, 7) is 7.45. The third kappa shape index (κ3) is 17.8. The van der Waals surface area contributed by atoms with E-state index in [0.717, 1.165) is 114 Å². The first-order valence-electron chi connectivity index (χ1n) is 22.5. The van der Waals surface area contributed by atoms with Crippen molar-refractivity contribution in [1.29, 1.82) is 0 Å². The zero-order chi connectivity index (χ0) is 37.5. The molecule has 52 heavy (non-hydrogen) atoms. The van der Waals surface area contributed by atoms with Crippen LogP contribution in [0.1, 0.15) is 226 Å². The number of rotatable bonds is 28. The van der Waals surface area contributed by atoms with Crippen molar-refractivity contribution in [3.05, 3.63) is 22.8 Å². The van der Waals surface area contributed by atoms with Crippen molar-refractivity contribution in [2.24, 2.45) is 5.41 Å². The Bertz CT molecular complexity index is 994. The topological polar surface area (TPSA) is 78.9 Å². The van der Waals surface area contributed by atoms with E-state index in [2.05, 4.69) is 26.8 Å². The summed E-state index contributed by atoms with van der Waals surface area (Å²) in [4.78, 5) is 43.8. The van der Waals surface area contributed by atoms with Crippen molar-refractivity contribution < 1.29 is 28.6 Å². The molecule has 0 heterocycles. The second-order valence-electron chi connectivity index (χ2n) is 15.8. The summed E-state index contributed by atoms with van der Waals surface area (Å²) in [6, 6.07) is 0. The number of carbonyl (C=O) groups is 3. The van der Waals surface area contributed by atoms with Crippen LogP contribution in [0.5, 0.6) is 0 Å². The average Bonchev–Trinajstić information content (AvgIpc) is 3.12. The Morgan fingerprint density at radius 1 is 0.500 bits per heavy atom. The Balaban J connectivity index is 2.42. The van der Waals surface area contributed by atoms with E-state index >= 15 is 0 Å². The van der Waals surface area contributed by atoms with Gasteiger partial charge in [-0.05, 0) is 75.4 Å². The minimum Gasteiger partial charge on any atom is -0.465 e. The van der Waals surface area contributed by atoms with Crippen LogP contribution in [0, 0.1) is 5.41 Å². The van der Waals surface area contributed by atoms with Gasteiger partial charge in [0.05, 0.1) is 25.4 Å². The number of unbranched alkanes of at least 4 members (excludes halogenated alkanes) is 18. The molecular formula is C46H80O6. The molecule has 0 atom stereocenters. The van der Waals surface area contributed by atoms with Gasteiger partial charge in [-0.2, -0.15) is 0 Å². The molecule has 0 unspecified atom stereocenters. The molecule has 2 aliphatic rings. The summed E-state index contributed by atoms with van der Waals surface area (Å²) in [6.07, 6.45) is 35.2. The highest BCUT2D eigenvalue weighted by Crippen LogP contribution is 2.45. The van der Waals surface area contributed by atoms with Gasteiger partial charge in [0.15, 0.2) is 5.41 Å². The Morgan fingerprint density at radius 2 is 0.923 bits per heavy atom. The lowest BCUT2D eigenvalue weighted by Crippen LogP contribution is -2.47. The fourth-order valence-corrected chi connectivity index (χ4v) is 7.94. The lowest BCUT2D eigenvalue weighted by atomic mass is 9.69. The molecule has 0 aromatic rings. The minimum atomic E-state index is -1.81. The normalized spacial score (nSPS) is 18.0. The van der Waals surface area contributed by atoms with Gasteiger partial charge < -0.3 is 14.2 Å². The molecule has 6 heteroatoms. The van der Waals surface area contributed by atoms with Crippen LogP contribution in [-0.2, 0) is 28.6 Å². The van der Waals surface area contributed by atoms with Crippen LogP contribution in [-0.4, -0.2) is 37.7 Å². The van der Waals surface area contributed by atoms with Gasteiger partial charge in [-0.1, -0.05) is 168 Å². The molecule has 300 valence electrons. The van der Waals surface area contributed by atoms with Crippen molar-refractivity contribution >= 4 is 17.9 Å². The third-order valence-electron chi connectivity index (χ3n) is 11.2. The predicted octanol–water partition coefficient (Wildman–Crippen LogP) is 13.4. The second kappa shape index (κ2) is 30.2. The lowest BCUT2D eigenvalue weighted by molar-refractivity contribution is -0.173. The summed E-state index contributed by atoms with van der Waals surface area (Å²) in [5, 5.41) is 0. The first kappa shape index (κ1) is 46.0. The number of carbonyl (C=O) groups excluding carboxylic acids is 3. The Labute approximate surface area is 320 Å². The SMILES string of the molecule is CCCCCCCCCOC(=O)/C1=C(\C2=CCCCCCC2)CCCCCC1(C(=O)OCCCCCCCCC)C(=O)OCCCCCCCCC. The number of hydrogen-bond acceptors (Lipinski definition) is 6. The molecule has 2 aliphatic carbocycles. The molecule has 0 aromatic heterocycles. The molecule has 0 radical (unpaired) electrons. The van der Waals surface area contributed by atoms with Crippen LogP contribution in [0.4, 0.5) is 0 Å². The van der Waals surface area contributed by atoms with E-state index in [1.165, 1.54) is 83.5 Å². The monoisotopic (exact) mass is 729 g/mol. The van der Waals surface area contributed by atoms with E-state index in [1.54, 1.807) is 0 Å². The van der Waals surface area contributed by atoms with Gasteiger partial charge in [-0.3, -0.25) is 9.59 Å². The summed E-state index contributed by atoms with van der Waals surface area (Å²) in [5.41, 5.74) is 0.398. The van der Waals surface area contributed by atoms with E-state index in [4.69, 9.17) is 14.2 Å². The van der Waals surface area contributed by atoms with Crippen LogP contribution in [0.25, 0.3) is 0 Å². The zero-order valence-corrected chi connectivity index (χ0v) is 34.3. The fraction of sp³-hybridized carbons (Fsp3) is 0.848. The molecule has 0 amide bonds. The first-order chi connectivity index (χ1) is 25.5. The van der Waals surface area contributed by atoms with Crippen molar-refractivity contribution in [3.8, 4) is 0 Å². The van der Waals surface area contributed by atoms with Gasteiger partial charge in [0, 0.05) is 0 Å². The minimum absolute atomic E-state index is 0.220. The quantitative estimate of drug-likeness (QED) is 0.0345. The van der Waals surface area contributed by atoms with Crippen molar-refractivity contribution in [2.75, 3.05) is 19.8 Å². The maximum Gasteiger partial charge on any atom is 0.336 e. The van der Waals surface area contributed by atoms with E-state index < -0.39 is 23.3 Å². The van der Waals surface area contributed by atoms with Gasteiger partial charge in [0.2, 0.25) is 0 Å². The molecule has 0 aromatic carbocycles. The molecule has 0 bridgehead atoms. The van der Waals surface area contributed by atoms with Crippen LogP contribution < -0.4 is 0 Å². The van der Waals surface area contributed by atoms with Gasteiger partial charge in [-0.25, -0.2) is 4.79 Å². The highest BCUT2D eigenvalue weighted by molar-refractivity contribution is 6.12. The molecule has 0 fully saturated rings. The highest BCUT2D eigenvalue weighted by Gasteiger charge is 2.56. The summed E-state index contributed by atoms with van der Waals surface area (Å²) < 4.78 is 18.2. The summed E-state index contributed by atoms with van der Waals surface area (Å²) >= 11 is 0. The lowest BCUT2D eigenvalue weighted by Gasteiger charge is -2.35. The van der Waals surface area contributed by atoms with Crippen molar-refractivity contribution in [2.45, 2.75) is 226 Å². The van der Waals surface area contributed by atoms with Crippen LogP contribution in [0.3, 0.4) is 0 Å². The number of hydrogen-bond donors (Lipinski definition) is 0. The smallest absolute Gasteiger partial charge is 0.336 e. The zero-order valence-electron chi connectivity index (χ0n) is 34.3. The maximum absolute atomic E-state index is 14.6. The standard InChI is InChI=1S/C46H80O6/c1-4-7-10-13-16-22-30-37-50-43(47)42-41(40-33-26-20-19-21-27-34-40)35-28-25-29-36-46(42,44(48)51-38-31-23-17-14-11-8-5-2)45(49)52-39-32-24-18-15-12-9-6-3/h33H,4-32,34-39H2,1-3H3/b40-33?,42-41+. The van der Waals surface area contributed by atoms with Crippen LogP contribution in [0.2, 0.25) is 0 Å². The molecule has 0 N–H and O–H groups in total.